The smallest absolute Gasteiger partial charge is 0.323 e. The number of amides is 3. The van der Waals surface area contributed by atoms with Crippen molar-refractivity contribution in [2.45, 2.75) is 6.92 Å². The number of carbonyl (C=O) groups is 2. The lowest BCUT2D eigenvalue weighted by Gasteiger charge is -2.26. The number of hydrogen-bond donors (Lipinski definition) is 4. The van der Waals surface area contributed by atoms with Crippen LogP contribution in [0.3, 0.4) is 0 Å². The zero-order valence-corrected chi connectivity index (χ0v) is 23.1. The predicted molar refractivity (Wildman–Crippen MR) is 163 cm³/mol. The Kier molecular flexibility index (Phi) is 8.70. The van der Waals surface area contributed by atoms with Gasteiger partial charge in [0.2, 0.25) is 5.91 Å². The predicted octanol–water partition coefficient (Wildman–Crippen LogP) is 4.96. The largest absolute Gasteiger partial charge is 0.383 e. The second-order valence-electron chi connectivity index (χ2n) is 9.56. The molecule has 0 radical (unpaired) electrons. The molecular formula is C30H32N6O3S. The van der Waals surface area contributed by atoms with E-state index in [2.05, 4.69) is 25.8 Å². The van der Waals surface area contributed by atoms with E-state index < -0.39 is 0 Å². The van der Waals surface area contributed by atoms with Gasteiger partial charge in [-0.05, 0) is 53.8 Å². The van der Waals surface area contributed by atoms with Crippen LogP contribution in [0.1, 0.15) is 11.1 Å². The maximum absolute atomic E-state index is 12.4. The van der Waals surface area contributed by atoms with Crippen molar-refractivity contribution in [3.8, 4) is 11.1 Å². The molecule has 2 aromatic carbocycles. The van der Waals surface area contributed by atoms with Gasteiger partial charge < -0.3 is 26.4 Å². The molecule has 0 unspecified atom stereocenters. The zero-order valence-electron chi connectivity index (χ0n) is 22.3. The summed E-state index contributed by atoms with van der Waals surface area (Å²) in [5.74, 6) is 0.280. The van der Waals surface area contributed by atoms with Gasteiger partial charge in [0.25, 0.3) is 0 Å². The molecule has 1 saturated heterocycles. The Labute approximate surface area is 237 Å². The average molecular weight is 557 g/mol. The highest BCUT2D eigenvalue weighted by Gasteiger charge is 2.14. The van der Waals surface area contributed by atoms with Crippen molar-refractivity contribution in [3.63, 3.8) is 0 Å². The van der Waals surface area contributed by atoms with E-state index >= 15 is 0 Å². The third-order valence-corrected chi connectivity index (χ3v) is 7.66. The summed E-state index contributed by atoms with van der Waals surface area (Å²) in [6.07, 6.45) is 5.00. The Bertz CT molecular complexity index is 1530. The van der Waals surface area contributed by atoms with E-state index in [9.17, 15) is 9.59 Å². The van der Waals surface area contributed by atoms with Crippen molar-refractivity contribution in [3.05, 3.63) is 77.3 Å². The number of urea groups is 1. The monoisotopic (exact) mass is 556 g/mol. The summed E-state index contributed by atoms with van der Waals surface area (Å²) in [5.41, 5.74) is 11.5. The van der Waals surface area contributed by atoms with Crippen LogP contribution in [0.25, 0.3) is 27.3 Å². The number of anilines is 3. The van der Waals surface area contributed by atoms with Gasteiger partial charge in [-0.2, -0.15) is 0 Å². The van der Waals surface area contributed by atoms with Crippen molar-refractivity contribution in [1.29, 1.82) is 0 Å². The van der Waals surface area contributed by atoms with Gasteiger partial charge in [-0.25, -0.2) is 9.78 Å². The number of aromatic nitrogens is 1. The SMILES string of the molecule is Cc1cccc(NC(=O)Nc2ccc(-c3csc4c(/C=C/C(=O)NCCN5CCOCC5)cnc(N)c34)cc2)c1. The number of nitrogens with zero attached hydrogens (tertiary/aromatic N) is 2. The van der Waals surface area contributed by atoms with Gasteiger partial charge in [0.05, 0.1) is 13.2 Å². The van der Waals surface area contributed by atoms with E-state index in [1.165, 1.54) is 6.08 Å². The lowest BCUT2D eigenvalue weighted by Crippen LogP contribution is -2.41. The molecule has 0 saturated carbocycles. The van der Waals surface area contributed by atoms with E-state index in [0.717, 1.165) is 70.9 Å². The topological polar surface area (TPSA) is 122 Å². The highest BCUT2D eigenvalue weighted by Crippen LogP contribution is 2.39. The molecule has 0 aliphatic carbocycles. The van der Waals surface area contributed by atoms with Gasteiger partial charge in [-0.1, -0.05) is 24.3 Å². The van der Waals surface area contributed by atoms with Crippen LogP contribution in [0.5, 0.6) is 0 Å². The van der Waals surface area contributed by atoms with Crippen molar-refractivity contribution < 1.29 is 14.3 Å². The highest BCUT2D eigenvalue weighted by molar-refractivity contribution is 7.18. The molecule has 4 aromatic rings. The number of benzene rings is 2. The number of nitrogen functional groups attached to an aromatic ring is 1. The normalized spacial score (nSPS) is 13.9. The van der Waals surface area contributed by atoms with E-state index in [1.54, 1.807) is 23.6 Å². The van der Waals surface area contributed by atoms with Crippen LogP contribution in [0.4, 0.5) is 22.0 Å². The van der Waals surface area contributed by atoms with Crippen molar-refractivity contribution in [1.82, 2.24) is 15.2 Å². The maximum atomic E-state index is 12.4. The Balaban J connectivity index is 1.24. The van der Waals surface area contributed by atoms with Gasteiger partial charge in [-0.15, -0.1) is 11.3 Å². The highest BCUT2D eigenvalue weighted by atomic mass is 32.1. The molecule has 206 valence electrons. The number of carbonyl (C=O) groups excluding carboxylic acids is 2. The number of ether oxygens (including phenoxy) is 1. The lowest BCUT2D eigenvalue weighted by atomic mass is 10.0. The fraction of sp³-hybridized carbons (Fsp3) is 0.233. The Morgan fingerprint density at radius 3 is 2.65 bits per heavy atom. The van der Waals surface area contributed by atoms with Crippen molar-refractivity contribution in [2.75, 3.05) is 55.8 Å². The molecule has 3 amide bonds. The maximum Gasteiger partial charge on any atom is 0.323 e. The Hall–Kier alpha value is -4.25. The third-order valence-electron chi connectivity index (χ3n) is 6.63. The number of morpholine rings is 1. The van der Waals surface area contributed by atoms with Gasteiger partial charge in [-0.3, -0.25) is 9.69 Å². The van der Waals surface area contributed by atoms with E-state index in [0.29, 0.717) is 18.1 Å². The molecule has 5 N–H and O–H groups in total. The van der Waals surface area contributed by atoms with E-state index in [4.69, 9.17) is 10.5 Å². The minimum absolute atomic E-state index is 0.149. The van der Waals surface area contributed by atoms with Crippen molar-refractivity contribution in [2.24, 2.45) is 0 Å². The van der Waals surface area contributed by atoms with Gasteiger partial charge in [0.15, 0.2) is 0 Å². The number of rotatable bonds is 8. The summed E-state index contributed by atoms with van der Waals surface area (Å²) < 4.78 is 6.31. The molecule has 0 atom stereocenters. The standard InChI is InChI=1S/C30H32N6O3S/c1-20-3-2-4-24(17-20)35-30(38)34-23-8-5-21(6-9-23)25-19-40-28-22(18-33-29(31)27(25)28)7-10-26(37)32-11-12-36-13-15-39-16-14-36/h2-10,17-19H,11-16H2,1H3,(H2,31,33)(H,32,37)(H2,34,35,38)/b10-7+. The third kappa shape index (κ3) is 6.84. The molecule has 0 spiro atoms. The number of thiophene rings is 1. The lowest BCUT2D eigenvalue weighted by molar-refractivity contribution is -0.116. The van der Waals surface area contributed by atoms with E-state index in [-0.39, 0.29) is 11.9 Å². The quantitative estimate of drug-likeness (QED) is 0.228. The molecular weight excluding hydrogens is 524 g/mol. The second kappa shape index (κ2) is 12.7. The Morgan fingerprint density at radius 2 is 1.88 bits per heavy atom. The molecule has 1 aliphatic heterocycles. The first-order valence-corrected chi connectivity index (χ1v) is 14.0. The molecule has 9 nitrogen and oxygen atoms in total. The van der Waals surface area contributed by atoms with Gasteiger partial charge >= 0.3 is 6.03 Å². The minimum Gasteiger partial charge on any atom is -0.383 e. The van der Waals surface area contributed by atoms with Crippen LogP contribution in [0.2, 0.25) is 0 Å². The zero-order chi connectivity index (χ0) is 27.9. The first kappa shape index (κ1) is 27.3. The van der Waals surface area contributed by atoms with E-state index in [1.807, 2.05) is 60.8 Å². The van der Waals surface area contributed by atoms with Crippen molar-refractivity contribution >= 4 is 56.6 Å². The molecule has 1 fully saturated rings. The fourth-order valence-corrected chi connectivity index (χ4v) is 5.63. The summed E-state index contributed by atoms with van der Waals surface area (Å²) in [6.45, 7) is 6.63. The summed E-state index contributed by atoms with van der Waals surface area (Å²) in [6, 6.07) is 14.9. The van der Waals surface area contributed by atoms with Gasteiger partial charge in [0.1, 0.15) is 5.82 Å². The summed E-state index contributed by atoms with van der Waals surface area (Å²) in [7, 11) is 0. The number of fused-ring (bicyclic) bond motifs is 1. The van der Waals surface area contributed by atoms with Crippen LogP contribution in [-0.2, 0) is 9.53 Å². The molecule has 3 heterocycles. The molecule has 5 rings (SSSR count). The summed E-state index contributed by atoms with van der Waals surface area (Å²) in [4.78, 5) is 31.5. The Morgan fingerprint density at radius 1 is 1.10 bits per heavy atom. The molecule has 1 aliphatic rings. The van der Waals surface area contributed by atoms with Crippen LogP contribution in [0.15, 0.2) is 66.2 Å². The average Bonchev–Trinajstić information content (AvgIpc) is 3.40. The van der Waals surface area contributed by atoms with Crippen LogP contribution in [0, 0.1) is 6.92 Å². The second-order valence-corrected chi connectivity index (χ2v) is 10.4. The molecule has 40 heavy (non-hydrogen) atoms. The first-order valence-electron chi connectivity index (χ1n) is 13.1. The molecule has 0 bridgehead atoms. The fourth-order valence-electron chi connectivity index (χ4n) is 4.55. The van der Waals surface area contributed by atoms with Crippen LogP contribution >= 0.6 is 11.3 Å². The number of nitrogens with two attached hydrogens (primary N) is 1. The molecule has 2 aromatic heterocycles. The summed E-state index contributed by atoms with van der Waals surface area (Å²) in [5, 5.41) is 11.5. The summed E-state index contributed by atoms with van der Waals surface area (Å²) >= 11 is 1.55. The first-order chi connectivity index (χ1) is 19.5. The molecule has 10 heteroatoms. The van der Waals surface area contributed by atoms with Crippen LogP contribution < -0.4 is 21.7 Å². The minimum atomic E-state index is -0.311. The number of nitrogens with one attached hydrogen (secondary N) is 3. The van der Waals surface area contributed by atoms with Gasteiger partial charge in [0, 0.05) is 71.0 Å². The number of hydrogen-bond acceptors (Lipinski definition) is 7. The van der Waals surface area contributed by atoms with Crippen LogP contribution in [-0.4, -0.2) is 61.2 Å². The number of aryl methyl sites for hydroxylation is 1. The number of pyridine rings is 1.